The average molecular weight is 242 g/mol. The molecule has 0 spiro atoms. The number of rotatable bonds is 6. The molecule has 0 rings (SSSR count). The van der Waals surface area contributed by atoms with Gasteiger partial charge in [0.1, 0.15) is 0 Å². The highest BCUT2D eigenvalue weighted by Crippen LogP contribution is 2.27. The minimum Gasteiger partial charge on any atom is -0.390 e. The number of aliphatic hydroxyl groups is 2. The summed E-state index contributed by atoms with van der Waals surface area (Å²) in [5.41, 5.74) is 0.485. The molecule has 102 valence electrons. The van der Waals surface area contributed by atoms with Crippen LogP contribution in [-0.2, 0) is 0 Å². The first-order chi connectivity index (χ1) is 7.54. The zero-order chi connectivity index (χ0) is 13.7. The number of allylic oxidation sites excluding steroid dienone is 2. The van der Waals surface area contributed by atoms with E-state index in [9.17, 15) is 10.2 Å². The summed E-state index contributed by atoms with van der Waals surface area (Å²) in [7, 11) is 0. The summed E-state index contributed by atoms with van der Waals surface area (Å²) >= 11 is 0. The Hall–Kier alpha value is -0.340. The van der Waals surface area contributed by atoms with Crippen LogP contribution < -0.4 is 0 Å². The molecular formula is C15H30O2. The van der Waals surface area contributed by atoms with Crippen molar-refractivity contribution >= 4 is 0 Å². The maximum Gasteiger partial charge on any atom is 0.0880 e. The summed E-state index contributed by atoms with van der Waals surface area (Å²) in [4.78, 5) is 0. The summed E-state index contributed by atoms with van der Waals surface area (Å²) in [6.45, 7) is 12.3. The SMILES string of the molecule is CC(C)=CCCC(C)(O)C(O)CCC(C)(C)C. The molecule has 0 aromatic heterocycles. The van der Waals surface area contributed by atoms with E-state index in [-0.39, 0.29) is 5.41 Å². The van der Waals surface area contributed by atoms with Gasteiger partial charge < -0.3 is 10.2 Å². The van der Waals surface area contributed by atoms with Gasteiger partial charge in [0, 0.05) is 0 Å². The molecule has 17 heavy (non-hydrogen) atoms. The van der Waals surface area contributed by atoms with Crippen molar-refractivity contribution in [2.24, 2.45) is 5.41 Å². The molecule has 2 unspecified atom stereocenters. The molecule has 0 aliphatic heterocycles. The first kappa shape index (κ1) is 16.7. The van der Waals surface area contributed by atoms with Gasteiger partial charge in [-0.2, -0.15) is 0 Å². The van der Waals surface area contributed by atoms with E-state index in [4.69, 9.17) is 0 Å². The first-order valence-electron chi connectivity index (χ1n) is 6.58. The average Bonchev–Trinajstić information content (AvgIpc) is 2.11. The van der Waals surface area contributed by atoms with Crippen LogP contribution in [-0.4, -0.2) is 21.9 Å². The van der Waals surface area contributed by atoms with E-state index in [0.717, 1.165) is 12.8 Å². The van der Waals surface area contributed by atoms with Gasteiger partial charge in [0.25, 0.3) is 0 Å². The highest BCUT2D eigenvalue weighted by atomic mass is 16.3. The molecule has 0 radical (unpaired) electrons. The fourth-order valence-electron chi connectivity index (χ4n) is 1.70. The van der Waals surface area contributed by atoms with Gasteiger partial charge in [-0.15, -0.1) is 0 Å². The van der Waals surface area contributed by atoms with Crippen LogP contribution in [0.15, 0.2) is 11.6 Å². The third-order valence-electron chi connectivity index (χ3n) is 3.09. The van der Waals surface area contributed by atoms with Gasteiger partial charge in [-0.1, -0.05) is 32.4 Å². The molecule has 2 atom stereocenters. The highest BCUT2D eigenvalue weighted by molar-refractivity contribution is 4.95. The third-order valence-corrected chi connectivity index (χ3v) is 3.09. The largest absolute Gasteiger partial charge is 0.390 e. The normalized spacial score (nSPS) is 17.4. The minimum atomic E-state index is -0.975. The molecule has 0 amide bonds. The third kappa shape index (κ3) is 8.39. The van der Waals surface area contributed by atoms with Gasteiger partial charge >= 0.3 is 0 Å². The quantitative estimate of drug-likeness (QED) is 0.698. The van der Waals surface area contributed by atoms with Crippen molar-refractivity contribution in [2.45, 2.75) is 78.9 Å². The Morgan fingerprint density at radius 2 is 1.65 bits per heavy atom. The molecule has 0 aliphatic rings. The molecular weight excluding hydrogens is 212 g/mol. The van der Waals surface area contributed by atoms with Gasteiger partial charge in [0.2, 0.25) is 0 Å². The van der Waals surface area contributed by atoms with Crippen molar-refractivity contribution in [3.63, 3.8) is 0 Å². The summed E-state index contributed by atoms with van der Waals surface area (Å²) < 4.78 is 0. The molecule has 0 bridgehead atoms. The van der Waals surface area contributed by atoms with Crippen LogP contribution >= 0.6 is 0 Å². The second-order valence-corrected chi connectivity index (χ2v) is 6.79. The van der Waals surface area contributed by atoms with Gasteiger partial charge in [0.15, 0.2) is 0 Å². The fraction of sp³-hybridized carbons (Fsp3) is 0.867. The molecule has 2 heteroatoms. The molecule has 0 aromatic rings. The van der Waals surface area contributed by atoms with Gasteiger partial charge in [0.05, 0.1) is 11.7 Å². The molecule has 0 saturated heterocycles. The van der Waals surface area contributed by atoms with Crippen LogP contribution in [0.2, 0.25) is 0 Å². The number of hydrogen-bond acceptors (Lipinski definition) is 2. The molecule has 0 saturated carbocycles. The summed E-state index contributed by atoms with van der Waals surface area (Å²) in [5, 5.41) is 20.2. The van der Waals surface area contributed by atoms with E-state index in [1.165, 1.54) is 5.57 Å². The van der Waals surface area contributed by atoms with E-state index in [0.29, 0.717) is 12.8 Å². The highest BCUT2D eigenvalue weighted by Gasteiger charge is 2.30. The molecule has 2 nitrogen and oxygen atoms in total. The molecule has 0 fully saturated rings. The van der Waals surface area contributed by atoms with Gasteiger partial charge in [-0.05, 0) is 51.9 Å². The minimum absolute atomic E-state index is 0.205. The first-order valence-corrected chi connectivity index (χ1v) is 6.58. The van der Waals surface area contributed by atoms with Crippen LogP contribution in [0.25, 0.3) is 0 Å². The Morgan fingerprint density at radius 3 is 2.06 bits per heavy atom. The predicted octanol–water partition coefficient (Wildman–Crippen LogP) is 3.67. The Kier molecular flexibility index (Phi) is 6.42. The lowest BCUT2D eigenvalue weighted by Gasteiger charge is -2.31. The predicted molar refractivity (Wildman–Crippen MR) is 74.0 cm³/mol. The van der Waals surface area contributed by atoms with Crippen LogP contribution in [0.3, 0.4) is 0 Å². The van der Waals surface area contributed by atoms with Crippen LogP contribution in [0, 0.1) is 5.41 Å². The van der Waals surface area contributed by atoms with E-state index in [1.54, 1.807) is 6.92 Å². The lowest BCUT2D eigenvalue weighted by molar-refractivity contribution is -0.0727. The van der Waals surface area contributed by atoms with Gasteiger partial charge in [-0.25, -0.2) is 0 Å². The Labute approximate surface area is 107 Å². The van der Waals surface area contributed by atoms with Crippen molar-refractivity contribution in [1.82, 2.24) is 0 Å². The van der Waals surface area contributed by atoms with Crippen LogP contribution in [0.5, 0.6) is 0 Å². The van der Waals surface area contributed by atoms with E-state index < -0.39 is 11.7 Å². The maximum atomic E-state index is 10.2. The van der Waals surface area contributed by atoms with Crippen molar-refractivity contribution in [3.8, 4) is 0 Å². The summed E-state index contributed by atoms with van der Waals surface area (Å²) in [6.07, 6.45) is 4.49. The molecule has 0 aromatic carbocycles. The van der Waals surface area contributed by atoms with Crippen LogP contribution in [0.4, 0.5) is 0 Å². The molecule has 0 aliphatic carbocycles. The molecule has 0 heterocycles. The molecule has 2 N–H and O–H groups in total. The monoisotopic (exact) mass is 242 g/mol. The zero-order valence-corrected chi connectivity index (χ0v) is 12.4. The Bertz CT molecular complexity index is 242. The van der Waals surface area contributed by atoms with Crippen molar-refractivity contribution < 1.29 is 10.2 Å². The smallest absolute Gasteiger partial charge is 0.0880 e. The standard InChI is InChI=1S/C15H30O2/c1-12(2)8-7-10-15(6,17)13(16)9-11-14(3,4)5/h8,13,16-17H,7,9-11H2,1-6H3. The topological polar surface area (TPSA) is 40.5 Å². The maximum absolute atomic E-state index is 10.2. The number of aliphatic hydroxyl groups excluding tert-OH is 1. The Balaban J connectivity index is 4.15. The summed E-state index contributed by atoms with van der Waals surface area (Å²) in [6, 6.07) is 0. The van der Waals surface area contributed by atoms with E-state index >= 15 is 0 Å². The van der Waals surface area contributed by atoms with Crippen molar-refractivity contribution in [3.05, 3.63) is 11.6 Å². The Morgan fingerprint density at radius 1 is 1.12 bits per heavy atom. The van der Waals surface area contributed by atoms with E-state index in [2.05, 4.69) is 26.8 Å². The summed E-state index contributed by atoms with van der Waals surface area (Å²) in [5.74, 6) is 0. The zero-order valence-electron chi connectivity index (χ0n) is 12.4. The second-order valence-electron chi connectivity index (χ2n) is 6.79. The lowest BCUT2D eigenvalue weighted by Crippen LogP contribution is -2.39. The fourth-order valence-corrected chi connectivity index (χ4v) is 1.70. The van der Waals surface area contributed by atoms with Crippen molar-refractivity contribution in [2.75, 3.05) is 0 Å². The van der Waals surface area contributed by atoms with E-state index in [1.807, 2.05) is 13.8 Å². The number of hydrogen-bond donors (Lipinski definition) is 2. The lowest BCUT2D eigenvalue weighted by atomic mass is 9.84. The van der Waals surface area contributed by atoms with Crippen molar-refractivity contribution in [1.29, 1.82) is 0 Å². The second kappa shape index (κ2) is 6.55. The van der Waals surface area contributed by atoms with Crippen LogP contribution in [0.1, 0.15) is 67.2 Å². The van der Waals surface area contributed by atoms with Gasteiger partial charge in [-0.3, -0.25) is 0 Å².